The van der Waals surface area contributed by atoms with E-state index in [1.54, 1.807) is 6.92 Å². The standard InChI is InChI=1S/C15H16O7/c1-15(3-4-16)10(6-13(18)22-15)8-5-9(14(19)20)11(17)7-12(8)21-2/h5-7,16-17H,3-4H2,1-2H3,(H,19,20). The van der Waals surface area contributed by atoms with Crippen molar-refractivity contribution in [1.82, 2.24) is 0 Å². The predicted molar refractivity (Wildman–Crippen MR) is 75.8 cm³/mol. The van der Waals surface area contributed by atoms with E-state index in [4.69, 9.17) is 14.6 Å². The molecule has 1 heterocycles. The number of hydrogen-bond acceptors (Lipinski definition) is 6. The molecule has 1 aromatic carbocycles. The van der Waals surface area contributed by atoms with Crippen LogP contribution in [0.5, 0.6) is 11.5 Å². The Labute approximate surface area is 126 Å². The number of carboxylic acids is 1. The van der Waals surface area contributed by atoms with Crippen LogP contribution in [0.15, 0.2) is 18.2 Å². The molecule has 1 aliphatic rings. The Morgan fingerprint density at radius 3 is 2.64 bits per heavy atom. The van der Waals surface area contributed by atoms with Gasteiger partial charge in [-0.1, -0.05) is 0 Å². The molecular formula is C15H16O7. The first kappa shape index (κ1) is 15.8. The number of esters is 1. The van der Waals surface area contributed by atoms with Gasteiger partial charge in [0.15, 0.2) is 0 Å². The van der Waals surface area contributed by atoms with Crippen molar-refractivity contribution < 1.29 is 34.4 Å². The fourth-order valence-corrected chi connectivity index (χ4v) is 2.46. The maximum Gasteiger partial charge on any atom is 0.339 e. The number of rotatable bonds is 5. The highest BCUT2D eigenvalue weighted by atomic mass is 16.6. The number of carbonyl (C=O) groups excluding carboxylic acids is 1. The normalized spacial score (nSPS) is 20.5. The Hall–Kier alpha value is -2.54. The third-order valence-electron chi connectivity index (χ3n) is 3.59. The molecule has 3 N–H and O–H groups in total. The van der Waals surface area contributed by atoms with E-state index in [9.17, 15) is 19.8 Å². The number of aromatic carboxylic acids is 1. The summed E-state index contributed by atoms with van der Waals surface area (Å²) in [7, 11) is 1.36. The maximum absolute atomic E-state index is 11.6. The molecule has 0 fully saturated rings. The maximum atomic E-state index is 11.6. The SMILES string of the molecule is COc1cc(O)c(C(=O)O)cc1C1=CC(=O)OC1(C)CCO. The van der Waals surface area contributed by atoms with E-state index in [0.717, 1.165) is 0 Å². The third kappa shape index (κ3) is 2.62. The van der Waals surface area contributed by atoms with Gasteiger partial charge in [-0.2, -0.15) is 0 Å². The number of carboxylic acid groups (broad SMARTS) is 1. The van der Waals surface area contributed by atoms with E-state index in [1.807, 2.05) is 0 Å². The number of hydrogen-bond donors (Lipinski definition) is 3. The molecular weight excluding hydrogens is 292 g/mol. The first-order valence-electron chi connectivity index (χ1n) is 6.53. The topological polar surface area (TPSA) is 113 Å². The number of carbonyl (C=O) groups is 2. The van der Waals surface area contributed by atoms with Crippen LogP contribution in [0, 0.1) is 0 Å². The van der Waals surface area contributed by atoms with Crippen LogP contribution in [0.3, 0.4) is 0 Å². The second-order valence-electron chi connectivity index (χ2n) is 5.06. The molecule has 2 rings (SSSR count). The van der Waals surface area contributed by atoms with Gasteiger partial charge >= 0.3 is 11.9 Å². The van der Waals surface area contributed by atoms with E-state index >= 15 is 0 Å². The highest BCUT2D eigenvalue weighted by Gasteiger charge is 2.40. The van der Waals surface area contributed by atoms with Gasteiger partial charge in [-0.25, -0.2) is 9.59 Å². The minimum absolute atomic E-state index is 0.150. The van der Waals surface area contributed by atoms with Gasteiger partial charge in [-0.3, -0.25) is 0 Å². The van der Waals surface area contributed by atoms with Crippen LogP contribution >= 0.6 is 0 Å². The first-order valence-corrected chi connectivity index (χ1v) is 6.53. The van der Waals surface area contributed by atoms with Crippen molar-refractivity contribution in [3.63, 3.8) is 0 Å². The number of aliphatic hydroxyl groups is 1. The van der Waals surface area contributed by atoms with Gasteiger partial charge in [0.1, 0.15) is 22.7 Å². The van der Waals surface area contributed by atoms with E-state index in [1.165, 1.54) is 25.3 Å². The Kier molecular flexibility index (Phi) is 4.09. The Morgan fingerprint density at radius 1 is 1.41 bits per heavy atom. The average molecular weight is 308 g/mol. The summed E-state index contributed by atoms with van der Waals surface area (Å²) in [4.78, 5) is 22.8. The smallest absolute Gasteiger partial charge is 0.339 e. The summed E-state index contributed by atoms with van der Waals surface area (Å²) in [6, 6.07) is 2.39. The van der Waals surface area contributed by atoms with Gasteiger partial charge < -0.3 is 24.8 Å². The number of benzene rings is 1. The largest absolute Gasteiger partial charge is 0.507 e. The summed E-state index contributed by atoms with van der Waals surface area (Å²) in [6.45, 7) is 1.40. The molecule has 1 atom stereocenters. The lowest BCUT2D eigenvalue weighted by molar-refractivity contribution is -0.144. The van der Waals surface area contributed by atoms with Crippen molar-refractivity contribution in [1.29, 1.82) is 0 Å². The second-order valence-corrected chi connectivity index (χ2v) is 5.06. The molecule has 22 heavy (non-hydrogen) atoms. The summed E-state index contributed by atoms with van der Waals surface area (Å²) in [5.41, 5.74) is -0.695. The Bertz CT molecular complexity index is 662. The number of cyclic esters (lactones) is 1. The van der Waals surface area contributed by atoms with Crippen molar-refractivity contribution in [2.75, 3.05) is 13.7 Å². The molecule has 118 valence electrons. The summed E-state index contributed by atoms with van der Waals surface area (Å²) in [6.07, 6.45) is 1.38. The quantitative estimate of drug-likeness (QED) is 0.700. The van der Waals surface area contributed by atoms with Gasteiger partial charge in [0.25, 0.3) is 0 Å². The van der Waals surface area contributed by atoms with Crippen molar-refractivity contribution in [2.45, 2.75) is 18.9 Å². The predicted octanol–water partition coefficient (Wildman–Crippen LogP) is 1.18. The molecule has 0 aliphatic carbocycles. The van der Waals surface area contributed by atoms with Crippen LogP contribution in [-0.4, -0.2) is 46.6 Å². The first-order chi connectivity index (χ1) is 10.3. The lowest BCUT2D eigenvalue weighted by Gasteiger charge is -2.27. The van der Waals surface area contributed by atoms with Crippen LogP contribution in [0.1, 0.15) is 29.3 Å². The number of ether oxygens (including phenoxy) is 2. The van der Waals surface area contributed by atoms with Crippen LogP contribution in [0.4, 0.5) is 0 Å². The van der Waals surface area contributed by atoms with E-state index < -0.39 is 23.3 Å². The molecule has 1 unspecified atom stereocenters. The number of methoxy groups -OCH3 is 1. The van der Waals surface area contributed by atoms with Crippen molar-refractivity contribution >= 4 is 17.5 Å². The Balaban J connectivity index is 2.64. The number of phenols is 1. The molecule has 0 bridgehead atoms. The van der Waals surface area contributed by atoms with Gasteiger partial charge in [0.05, 0.1) is 7.11 Å². The van der Waals surface area contributed by atoms with Crippen molar-refractivity contribution in [3.8, 4) is 11.5 Å². The fourth-order valence-electron chi connectivity index (χ4n) is 2.46. The van der Waals surface area contributed by atoms with Gasteiger partial charge in [-0.05, 0) is 13.0 Å². The molecule has 0 spiro atoms. The van der Waals surface area contributed by atoms with Crippen molar-refractivity contribution in [3.05, 3.63) is 29.3 Å². The van der Waals surface area contributed by atoms with Gasteiger partial charge in [0.2, 0.25) is 0 Å². The van der Waals surface area contributed by atoms with Crippen LogP contribution < -0.4 is 4.74 Å². The van der Waals surface area contributed by atoms with E-state index in [-0.39, 0.29) is 24.3 Å². The van der Waals surface area contributed by atoms with Crippen LogP contribution in [0.2, 0.25) is 0 Å². The molecule has 0 amide bonds. The number of aromatic hydroxyl groups is 1. The zero-order valence-electron chi connectivity index (χ0n) is 12.1. The summed E-state index contributed by atoms with van der Waals surface area (Å²) in [5, 5.41) is 28.0. The summed E-state index contributed by atoms with van der Waals surface area (Å²) < 4.78 is 10.4. The van der Waals surface area contributed by atoms with Crippen LogP contribution in [0.25, 0.3) is 5.57 Å². The zero-order valence-corrected chi connectivity index (χ0v) is 12.1. The molecule has 7 nitrogen and oxygen atoms in total. The summed E-state index contributed by atoms with van der Waals surface area (Å²) >= 11 is 0. The average Bonchev–Trinajstić information content (AvgIpc) is 2.73. The summed E-state index contributed by atoms with van der Waals surface area (Å²) in [5.74, 6) is -2.13. The monoisotopic (exact) mass is 308 g/mol. The molecule has 0 aromatic heterocycles. The lowest BCUT2D eigenvalue weighted by Crippen LogP contribution is -2.29. The number of aliphatic hydroxyl groups excluding tert-OH is 1. The molecule has 1 aromatic rings. The molecule has 1 aliphatic heterocycles. The fraction of sp³-hybridized carbons (Fsp3) is 0.333. The van der Waals surface area contributed by atoms with E-state index in [0.29, 0.717) is 11.1 Å². The van der Waals surface area contributed by atoms with Crippen molar-refractivity contribution in [2.24, 2.45) is 0 Å². The third-order valence-corrected chi connectivity index (χ3v) is 3.59. The van der Waals surface area contributed by atoms with Gasteiger partial charge in [-0.15, -0.1) is 0 Å². The minimum atomic E-state index is -1.31. The molecule has 0 saturated carbocycles. The van der Waals surface area contributed by atoms with Gasteiger partial charge in [0, 0.05) is 36.3 Å². The molecule has 0 radical (unpaired) electrons. The minimum Gasteiger partial charge on any atom is -0.507 e. The lowest BCUT2D eigenvalue weighted by atomic mass is 9.87. The zero-order chi connectivity index (χ0) is 16.5. The molecule has 0 saturated heterocycles. The van der Waals surface area contributed by atoms with E-state index in [2.05, 4.69) is 0 Å². The highest BCUT2D eigenvalue weighted by Crippen LogP contribution is 2.43. The van der Waals surface area contributed by atoms with Crippen LogP contribution in [-0.2, 0) is 9.53 Å². The highest BCUT2D eigenvalue weighted by molar-refractivity contribution is 6.01. The second kappa shape index (κ2) is 5.69. The Morgan fingerprint density at radius 2 is 2.09 bits per heavy atom. The molecule has 7 heteroatoms.